The number of anilines is 2. The van der Waals surface area contributed by atoms with Crippen LogP contribution in [0.15, 0.2) is 72.8 Å². The minimum atomic E-state index is -0.0551. The van der Waals surface area contributed by atoms with Crippen molar-refractivity contribution in [2.75, 3.05) is 16.8 Å². The van der Waals surface area contributed by atoms with Gasteiger partial charge in [-0.15, -0.1) is 0 Å². The number of fused-ring (bicyclic) bond motifs is 1. The van der Waals surface area contributed by atoms with E-state index >= 15 is 0 Å². The first-order chi connectivity index (χ1) is 14.7. The van der Waals surface area contributed by atoms with E-state index < -0.39 is 0 Å². The van der Waals surface area contributed by atoms with Crippen molar-refractivity contribution in [2.24, 2.45) is 5.92 Å². The van der Waals surface area contributed by atoms with Crippen LogP contribution in [0.25, 0.3) is 11.1 Å². The van der Waals surface area contributed by atoms with E-state index in [1.165, 1.54) is 5.56 Å². The number of hydrogen-bond acceptors (Lipinski definition) is 2. The molecule has 1 N–H and O–H groups in total. The molecule has 5 rings (SSSR count). The zero-order valence-electron chi connectivity index (χ0n) is 16.8. The summed E-state index contributed by atoms with van der Waals surface area (Å²) in [6, 6.07) is 24.2. The first-order valence-corrected chi connectivity index (χ1v) is 10.6. The maximum Gasteiger partial charge on any atom is 0.230 e. The van der Waals surface area contributed by atoms with Crippen molar-refractivity contribution in [3.8, 4) is 11.1 Å². The van der Waals surface area contributed by atoms with E-state index in [0.29, 0.717) is 6.42 Å². The Balaban J connectivity index is 1.25. The zero-order chi connectivity index (χ0) is 20.5. The third-order valence-corrected chi connectivity index (χ3v) is 5.88. The molecule has 0 spiro atoms. The maximum absolute atomic E-state index is 12.6. The van der Waals surface area contributed by atoms with Crippen LogP contribution in [0.5, 0.6) is 0 Å². The maximum atomic E-state index is 12.6. The summed E-state index contributed by atoms with van der Waals surface area (Å²) in [5.41, 5.74) is 6.15. The molecular formula is C26H24N2O2. The average molecular weight is 396 g/mol. The standard InChI is InChI=1S/C26H24N2O2/c29-25(16-18-6-8-20(9-7-18)19-4-2-1-3-5-19)27-23-13-12-21-14-15-28(24(21)17-23)26(30)22-10-11-22/h1-9,12-13,17,22H,10-11,14-16H2,(H,27,29). The molecule has 150 valence electrons. The van der Waals surface area contributed by atoms with Gasteiger partial charge in [-0.05, 0) is 53.6 Å². The molecule has 0 aromatic heterocycles. The molecule has 2 amide bonds. The molecule has 0 unspecified atom stereocenters. The van der Waals surface area contributed by atoms with E-state index in [0.717, 1.165) is 53.9 Å². The first kappa shape index (κ1) is 18.6. The van der Waals surface area contributed by atoms with Crippen LogP contribution in [0.3, 0.4) is 0 Å². The topological polar surface area (TPSA) is 49.4 Å². The molecule has 0 bridgehead atoms. The van der Waals surface area contributed by atoms with Gasteiger partial charge >= 0.3 is 0 Å². The molecule has 0 saturated heterocycles. The Morgan fingerprint density at radius 2 is 1.63 bits per heavy atom. The quantitative estimate of drug-likeness (QED) is 0.671. The number of nitrogens with one attached hydrogen (secondary N) is 1. The fourth-order valence-electron chi connectivity index (χ4n) is 4.07. The average Bonchev–Trinajstić information content (AvgIpc) is 3.54. The Morgan fingerprint density at radius 1 is 0.900 bits per heavy atom. The molecule has 4 heteroatoms. The van der Waals surface area contributed by atoms with Crippen molar-refractivity contribution < 1.29 is 9.59 Å². The molecule has 2 aliphatic rings. The molecule has 4 nitrogen and oxygen atoms in total. The van der Waals surface area contributed by atoms with Gasteiger partial charge in [0, 0.05) is 23.8 Å². The third-order valence-electron chi connectivity index (χ3n) is 5.88. The molecule has 3 aromatic carbocycles. The summed E-state index contributed by atoms with van der Waals surface area (Å²) < 4.78 is 0. The van der Waals surface area contributed by atoms with Gasteiger partial charge in [0.05, 0.1) is 6.42 Å². The minimum Gasteiger partial charge on any atom is -0.326 e. The lowest BCUT2D eigenvalue weighted by atomic mass is 10.0. The van der Waals surface area contributed by atoms with Gasteiger partial charge < -0.3 is 10.2 Å². The summed E-state index contributed by atoms with van der Waals surface area (Å²) in [7, 11) is 0. The lowest BCUT2D eigenvalue weighted by molar-refractivity contribution is -0.119. The predicted molar refractivity (Wildman–Crippen MR) is 119 cm³/mol. The van der Waals surface area contributed by atoms with Crippen LogP contribution in [0, 0.1) is 5.92 Å². The molecule has 1 saturated carbocycles. The highest BCUT2D eigenvalue weighted by Gasteiger charge is 2.36. The van der Waals surface area contributed by atoms with Gasteiger partial charge in [0.2, 0.25) is 11.8 Å². The Morgan fingerprint density at radius 3 is 2.37 bits per heavy atom. The molecule has 1 aliphatic carbocycles. The van der Waals surface area contributed by atoms with E-state index in [9.17, 15) is 9.59 Å². The Hall–Kier alpha value is -3.40. The van der Waals surface area contributed by atoms with E-state index in [-0.39, 0.29) is 17.7 Å². The van der Waals surface area contributed by atoms with Crippen LogP contribution in [0.2, 0.25) is 0 Å². The van der Waals surface area contributed by atoms with Gasteiger partial charge in [-0.2, -0.15) is 0 Å². The molecule has 1 fully saturated rings. The monoisotopic (exact) mass is 396 g/mol. The molecular weight excluding hydrogens is 372 g/mol. The molecule has 1 aliphatic heterocycles. The first-order valence-electron chi connectivity index (χ1n) is 10.6. The number of benzene rings is 3. The van der Waals surface area contributed by atoms with Crippen LogP contribution < -0.4 is 10.2 Å². The second-order valence-corrected chi connectivity index (χ2v) is 8.15. The molecule has 3 aromatic rings. The van der Waals surface area contributed by atoms with Crippen LogP contribution in [0.1, 0.15) is 24.0 Å². The van der Waals surface area contributed by atoms with E-state index in [1.807, 2.05) is 53.4 Å². The van der Waals surface area contributed by atoms with Gasteiger partial charge in [0.15, 0.2) is 0 Å². The number of nitrogens with zero attached hydrogens (tertiary/aromatic N) is 1. The van der Waals surface area contributed by atoms with Crippen molar-refractivity contribution >= 4 is 23.2 Å². The van der Waals surface area contributed by atoms with Crippen LogP contribution >= 0.6 is 0 Å². The molecule has 30 heavy (non-hydrogen) atoms. The van der Waals surface area contributed by atoms with Crippen molar-refractivity contribution in [2.45, 2.75) is 25.7 Å². The largest absolute Gasteiger partial charge is 0.326 e. The number of carbonyl (C=O) groups excluding carboxylic acids is 2. The number of hydrogen-bond donors (Lipinski definition) is 1. The highest BCUT2D eigenvalue weighted by molar-refractivity contribution is 6.00. The van der Waals surface area contributed by atoms with Gasteiger partial charge in [0.25, 0.3) is 0 Å². The second kappa shape index (κ2) is 7.79. The number of carbonyl (C=O) groups is 2. The summed E-state index contributed by atoms with van der Waals surface area (Å²) in [4.78, 5) is 27.0. The lowest BCUT2D eigenvalue weighted by Crippen LogP contribution is -2.30. The normalized spacial score (nSPS) is 15.0. The SMILES string of the molecule is O=C(Cc1ccc(-c2ccccc2)cc1)Nc1ccc2c(c1)N(C(=O)C1CC1)CC2. The Bertz CT molecular complexity index is 1090. The summed E-state index contributed by atoms with van der Waals surface area (Å²) >= 11 is 0. The van der Waals surface area contributed by atoms with Crippen molar-refractivity contribution in [3.05, 3.63) is 83.9 Å². The van der Waals surface area contributed by atoms with Crippen LogP contribution in [-0.2, 0) is 22.4 Å². The van der Waals surface area contributed by atoms with Crippen LogP contribution in [-0.4, -0.2) is 18.4 Å². The Kier molecular flexibility index (Phi) is 4.83. The summed E-state index contributed by atoms with van der Waals surface area (Å²) in [5.74, 6) is 0.379. The summed E-state index contributed by atoms with van der Waals surface area (Å²) in [6.07, 6.45) is 3.21. The van der Waals surface area contributed by atoms with Crippen molar-refractivity contribution in [1.29, 1.82) is 0 Å². The van der Waals surface area contributed by atoms with Gasteiger partial charge in [-0.1, -0.05) is 60.7 Å². The molecule has 0 atom stereocenters. The summed E-state index contributed by atoms with van der Waals surface area (Å²) in [5, 5.41) is 2.99. The number of amides is 2. The zero-order valence-corrected chi connectivity index (χ0v) is 16.8. The molecule has 1 heterocycles. The summed E-state index contributed by atoms with van der Waals surface area (Å²) in [6.45, 7) is 0.746. The smallest absolute Gasteiger partial charge is 0.230 e. The number of rotatable bonds is 5. The lowest BCUT2D eigenvalue weighted by Gasteiger charge is -2.18. The van der Waals surface area contributed by atoms with Gasteiger partial charge in [-0.3, -0.25) is 9.59 Å². The fourth-order valence-corrected chi connectivity index (χ4v) is 4.07. The van der Waals surface area contributed by atoms with E-state index in [4.69, 9.17) is 0 Å². The minimum absolute atomic E-state index is 0.0551. The predicted octanol–water partition coefficient (Wildman–Crippen LogP) is 4.83. The highest BCUT2D eigenvalue weighted by Crippen LogP contribution is 2.37. The Labute approximate surface area is 176 Å². The van der Waals surface area contributed by atoms with Gasteiger partial charge in [0.1, 0.15) is 0 Å². The molecule has 0 radical (unpaired) electrons. The van der Waals surface area contributed by atoms with Gasteiger partial charge in [-0.25, -0.2) is 0 Å². The van der Waals surface area contributed by atoms with Crippen molar-refractivity contribution in [3.63, 3.8) is 0 Å². The van der Waals surface area contributed by atoms with Crippen molar-refractivity contribution in [1.82, 2.24) is 0 Å². The van der Waals surface area contributed by atoms with Crippen LogP contribution in [0.4, 0.5) is 11.4 Å². The fraction of sp³-hybridized carbons (Fsp3) is 0.231. The third kappa shape index (κ3) is 3.86. The van der Waals surface area contributed by atoms with E-state index in [2.05, 4.69) is 29.6 Å². The highest BCUT2D eigenvalue weighted by atomic mass is 16.2. The second-order valence-electron chi connectivity index (χ2n) is 8.15. The van der Waals surface area contributed by atoms with E-state index in [1.54, 1.807) is 0 Å².